The Morgan fingerprint density at radius 2 is 1.72 bits per heavy atom. The molecule has 0 aliphatic carbocycles. The van der Waals surface area contributed by atoms with Crippen LogP contribution in [0.2, 0.25) is 0 Å². The molecule has 1 aromatic carbocycles. The molecule has 1 aromatic heterocycles. The van der Waals surface area contributed by atoms with E-state index in [0.717, 1.165) is 17.1 Å². The fourth-order valence-electron chi connectivity index (χ4n) is 1.30. The molecule has 0 fully saturated rings. The molecule has 3 heteroatoms. The lowest BCUT2D eigenvalue weighted by atomic mass is 10.3. The van der Waals surface area contributed by atoms with Crippen molar-refractivity contribution in [3.63, 3.8) is 0 Å². The fraction of sp³-hybridized carbons (Fsp3) is 0.267. The van der Waals surface area contributed by atoms with E-state index in [4.69, 9.17) is 9.47 Å². The number of aromatic nitrogens is 1. The van der Waals surface area contributed by atoms with E-state index in [1.54, 1.807) is 13.3 Å². The molecule has 0 N–H and O–H groups in total. The lowest BCUT2D eigenvalue weighted by Crippen LogP contribution is -1.89. The van der Waals surface area contributed by atoms with Crippen molar-refractivity contribution >= 4 is 0 Å². The highest BCUT2D eigenvalue weighted by atomic mass is 16.5. The monoisotopic (exact) mass is 245 g/mol. The third kappa shape index (κ3) is 4.09. The van der Waals surface area contributed by atoms with E-state index >= 15 is 0 Å². The number of nitrogens with zero attached hydrogens (tertiary/aromatic N) is 1. The van der Waals surface area contributed by atoms with Crippen LogP contribution < -0.4 is 9.47 Å². The number of hydrogen-bond acceptors (Lipinski definition) is 3. The summed E-state index contributed by atoms with van der Waals surface area (Å²) in [5, 5.41) is 0. The molecule has 2 rings (SSSR count). The highest BCUT2D eigenvalue weighted by molar-refractivity contribution is 5.35. The first kappa shape index (κ1) is 14.0. The second-order valence-corrected chi connectivity index (χ2v) is 3.45. The summed E-state index contributed by atoms with van der Waals surface area (Å²) in [5.74, 6) is 2.07. The van der Waals surface area contributed by atoms with Gasteiger partial charge < -0.3 is 9.47 Å². The molecule has 0 bridgehead atoms. The maximum absolute atomic E-state index is 5.58. The maximum atomic E-state index is 5.58. The molecule has 0 saturated heterocycles. The van der Waals surface area contributed by atoms with Crippen molar-refractivity contribution in [3.05, 3.63) is 48.2 Å². The van der Waals surface area contributed by atoms with E-state index in [1.165, 1.54) is 0 Å². The zero-order chi connectivity index (χ0) is 13.4. The van der Waals surface area contributed by atoms with E-state index in [0.29, 0.717) is 5.88 Å². The van der Waals surface area contributed by atoms with Crippen LogP contribution in [0.25, 0.3) is 0 Å². The van der Waals surface area contributed by atoms with Gasteiger partial charge in [-0.25, -0.2) is 4.98 Å². The summed E-state index contributed by atoms with van der Waals surface area (Å²) in [6, 6.07) is 11.2. The molecule has 2 aromatic rings. The van der Waals surface area contributed by atoms with Crippen LogP contribution in [-0.4, -0.2) is 12.1 Å². The van der Waals surface area contributed by atoms with Gasteiger partial charge in [-0.15, -0.1) is 0 Å². The first-order chi connectivity index (χ1) is 8.78. The highest BCUT2D eigenvalue weighted by Gasteiger charge is 1.99. The van der Waals surface area contributed by atoms with Gasteiger partial charge in [-0.3, -0.25) is 0 Å². The van der Waals surface area contributed by atoms with Crippen LogP contribution in [0.3, 0.4) is 0 Å². The van der Waals surface area contributed by atoms with Crippen molar-refractivity contribution < 1.29 is 9.47 Å². The zero-order valence-electron chi connectivity index (χ0n) is 11.3. The minimum absolute atomic E-state index is 0.582. The molecule has 3 nitrogen and oxygen atoms in total. The largest absolute Gasteiger partial charge is 0.497 e. The molecule has 96 valence electrons. The third-order valence-corrected chi connectivity index (χ3v) is 2.15. The molecule has 0 atom stereocenters. The molecule has 0 spiro atoms. The van der Waals surface area contributed by atoms with Crippen LogP contribution in [0, 0.1) is 6.92 Å². The first-order valence-electron chi connectivity index (χ1n) is 6.02. The summed E-state index contributed by atoms with van der Waals surface area (Å²) in [6.07, 6.45) is 1.77. The van der Waals surface area contributed by atoms with Gasteiger partial charge in [0, 0.05) is 18.3 Å². The van der Waals surface area contributed by atoms with Crippen LogP contribution in [-0.2, 0) is 0 Å². The second-order valence-electron chi connectivity index (χ2n) is 3.45. The Morgan fingerprint density at radius 1 is 1.00 bits per heavy atom. The van der Waals surface area contributed by atoms with Gasteiger partial charge in [0.05, 0.1) is 7.11 Å². The van der Waals surface area contributed by atoms with Crippen LogP contribution in [0.4, 0.5) is 0 Å². The molecular weight excluding hydrogens is 226 g/mol. The van der Waals surface area contributed by atoms with E-state index in [9.17, 15) is 0 Å². The zero-order valence-corrected chi connectivity index (χ0v) is 11.3. The van der Waals surface area contributed by atoms with Crippen LogP contribution in [0.5, 0.6) is 17.4 Å². The van der Waals surface area contributed by atoms with Gasteiger partial charge in [-0.05, 0) is 24.6 Å². The Morgan fingerprint density at radius 3 is 2.33 bits per heavy atom. The number of ether oxygens (including phenoxy) is 2. The summed E-state index contributed by atoms with van der Waals surface area (Å²) in [7, 11) is 1.63. The molecule has 0 aliphatic rings. The fourth-order valence-corrected chi connectivity index (χ4v) is 1.30. The second kappa shape index (κ2) is 7.33. The smallest absolute Gasteiger partial charge is 0.219 e. The van der Waals surface area contributed by atoms with Crippen molar-refractivity contribution in [2.75, 3.05) is 7.11 Å². The molecule has 1 heterocycles. The predicted molar refractivity (Wildman–Crippen MR) is 73.4 cm³/mol. The van der Waals surface area contributed by atoms with E-state index in [1.807, 2.05) is 57.2 Å². The van der Waals surface area contributed by atoms with Crippen molar-refractivity contribution in [2.45, 2.75) is 20.8 Å². The van der Waals surface area contributed by atoms with Crippen molar-refractivity contribution in [1.29, 1.82) is 0 Å². The lowest BCUT2D eigenvalue weighted by molar-refractivity contribution is 0.407. The Bertz CT molecular complexity index is 466. The summed E-state index contributed by atoms with van der Waals surface area (Å²) in [6.45, 7) is 5.99. The van der Waals surface area contributed by atoms with E-state index < -0.39 is 0 Å². The third-order valence-electron chi connectivity index (χ3n) is 2.15. The predicted octanol–water partition coefficient (Wildman–Crippen LogP) is 4.22. The van der Waals surface area contributed by atoms with Gasteiger partial charge in [0.1, 0.15) is 11.5 Å². The Labute approximate surface area is 108 Å². The number of pyridine rings is 1. The first-order valence-corrected chi connectivity index (χ1v) is 6.02. The SMILES string of the molecule is CC.COc1cccc(Oc2ccc(C)cn2)c1. The average molecular weight is 245 g/mol. The number of rotatable bonds is 3. The molecule has 0 aliphatic heterocycles. The van der Waals surface area contributed by atoms with E-state index in [-0.39, 0.29) is 0 Å². The van der Waals surface area contributed by atoms with Crippen molar-refractivity contribution in [1.82, 2.24) is 4.98 Å². The molecular formula is C15H19NO2. The minimum atomic E-state index is 0.582. The molecule has 0 saturated carbocycles. The summed E-state index contributed by atoms with van der Waals surface area (Å²) >= 11 is 0. The van der Waals surface area contributed by atoms with Crippen LogP contribution in [0.1, 0.15) is 19.4 Å². The maximum Gasteiger partial charge on any atom is 0.219 e. The van der Waals surface area contributed by atoms with Gasteiger partial charge >= 0.3 is 0 Å². The lowest BCUT2D eigenvalue weighted by Gasteiger charge is -2.06. The Kier molecular flexibility index (Phi) is 5.71. The summed E-state index contributed by atoms with van der Waals surface area (Å²) in [5.41, 5.74) is 1.11. The van der Waals surface area contributed by atoms with Crippen molar-refractivity contribution in [3.8, 4) is 17.4 Å². The van der Waals surface area contributed by atoms with Crippen LogP contribution in [0.15, 0.2) is 42.6 Å². The number of methoxy groups -OCH3 is 1. The quantitative estimate of drug-likeness (QED) is 0.811. The molecule has 0 radical (unpaired) electrons. The number of hydrogen-bond donors (Lipinski definition) is 0. The van der Waals surface area contributed by atoms with Gasteiger partial charge in [0.2, 0.25) is 5.88 Å². The van der Waals surface area contributed by atoms with Gasteiger partial charge in [0.15, 0.2) is 0 Å². The standard InChI is InChI=1S/C13H13NO2.C2H6/c1-10-6-7-13(14-9-10)16-12-5-3-4-11(8-12)15-2;1-2/h3-9H,1-2H3;1-2H3. The summed E-state index contributed by atoms with van der Waals surface area (Å²) in [4.78, 5) is 4.17. The summed E-state index contributed by atoms with van der Waals surface area (Å²) < 4.78 is 10.7. The van der Waals surface area contributed by atoms with Crippen molar-refractivity contribution in [2.24, 2.45) is 0 Å². The molecule has 0 amide bonds. The average Bonchev–Trinajstić information content (AvgIpc) is 2.44. The van der Waals surface area contributed by atoms with Gasteiger partial charge in [-0.1, -0.05) is 26.0 Å². The molecule has 18 heavy (non-hydrogen) atoms. The van der Waals surface area contributed by atoms with Crippen LogP contribution >= 0.6 is 0 Å². The normalized spacial score (nSPS) is 9.11. The van der Waals surface area contributed by atoms with Gasteiger partial charge in [-0.2, -0.15) is 0 Å². The Hall–Kier alpha value is -2.03. The topological polar surface area (TPSA) is 31.4 Å². The minimum Gasteiger partial charge on any atom is -0.497 e. The number of benzene rings is 1. The highest BCUT2D eigenvalue weighted by Crippen LogP contribution is 2.23. The molecule has 0 unspecified atom stereocenters. The van der Waals surface area contributed by atoms with E-state index in [2.05, 4.69) is 4.98 Å². The number of aryl methyl sites for hydroxylation is 1. The Balaban J connectivity index is 0.000000771. The van der Waals surface area contributed by atoms with Gasteiger partial charge in [0.25, 0.3) is 0 Å².